The monoisotopic (exact) mass is 419 g/mol. The third-order valence-electron chi connectivity index (χ3n) is 4.94. The van der Waals surface area contributed by atoms with Crippen molar-refractivity contribution < 1.29 is 9.18 Å². The van der Waals surface area contributed by atoms with Crippen LogP contribution in [0.5, 0.6) is 0 Å². The molecule has 1 fully saturated rings. The van der Waals surface area contributed by atoms with Crippen molar-refractivity contribution >= 4 is 34.8 Å². The topological polar surface area (TPSA) is 56.1 Å². The van der Waals surface area contributed by atoms with Crippen molar-refractivity contribution in [2.75, 3.05) is 5.32 Å². The average Bonchev–Trinajstić information content (AvgIpc) is 2.93. The summed E-state index contributed by atoms with van der Waals surface area (Å²) in [7, 11) is 0. The van der Waals surface area contributed by atoms with Gasteiger partial charge in [0.05, 0.1) is 22.7 Å². The number of hydrogen-bond donors (Lipinski definition) is 1. The van der Waals surface area contributed by atoms with Gasteiger partial charge in [-0.25, -0.2) is 4.39 Å². The summed E-state index contributed by atoms with van der Waals surface area (Å²) in [4.78, 5) is 14.5. The zero-order chi connectivity index (χ0) is 20.4. The van der Waals surface area contributed by atoms with Gasteiger partial charge in [0.15, 0.2) is 0 Å². The highest BCUT2D eigenvalue weighted by Crippen LogP contribution is 2.31. The first-order valence-electron chi connectivity index (χ1n) is 9.01. The van der Waals surface area contributed by atoms with Crippen molar-refractivity contribution in [2.24, 2.45) is 0 Å². The standard InChI is InChI=1S/C21H20Cl2FN3O/c1-12(2)27-20(8-14-7-15(24)4-6-17(14)22)19(10-21(27)28)26-16-5-3-13(11-25)18(23)9-16/h3-7,9,12,19-20,26H,8,10H2,1-2H3/t19-,20?/m0/s1. The van der Waals surface area contributed by atoms with E-state index in [9.17, 15) is 9.18 Å². The first kappa shape index (κ1) is 20.4. The van der Waals surface area contributed by atoms with Crippen LogP contribution < -0.4 is 5.32 Å². The Bertz CT molecular complexity index is 942. The zero-order valence-corrected chi connectivity index (χ0v) is 17.1. The third-order valence-corrected chi connectivity index (χ3v) is 5.62. The lowest BCUT2D eigenvalue weighted by atomic mass is 9.98. The number of nitrogens with one attached hydrogen (secondary N) is 1. The van der Waals surface area contributed by atoms with Crippen LogP contribution >= 0.6 is 23.2 Å². The number of carbonyl (C=O) groups is 1. The van der Waals surface area contributed by atoms with E-state index in [2.05, 4.69) is 5.32 Å². The summed E-state index contributed by atoms with van der Waals surface area (Å²) in [6, 6.07) is 11.0. The quantitative estimate of drug-likeness (QED) is 0.738. The molecule has 1 amide bonds. The number of nitriles is 1. The molecule has 0 aromatic heterocycles. The molecule has 0 radical (unpaired) electrons. The van der Waals surface area contributed by atoms with Crippen molar-refractivity contribution in [3.63, 3.8) is 0 Å². The van der Waals surface area contributed by atoms with Crippen molar-refractivity contribution in [3.05, 3.63) is 63.4 Å². The maximum Gasteiger partial charge on any atom is 0.225 e. The third kappa shape index (κ3) is 4.24. The van der Waals surface area contributed by atoms with Crippen molar-refractivity contribution in [1.82, 2.24) is 4.90 Å². The predicted octanol–water partition coefficient (Wildman–Crippen LogP) is 5.04. The van der Waals surface area contributed by atoms with Gasteiger partial charge in [0, 0.05) is 23.2 Å². The van der Waals surface area contributed by atoms with Gasteiger partial charge in [-0.2, -0.15) is 5.26 Å². The van der Waals surface area contributed by atoms with Gasteiger partial charge in [0.2, 0.25) is 5.91 Å². The van der Waals surface area contributed by atoms with E-state index in [1.54, 1.807) is 18.2 Å². The minimum Gasteiger partial charge on any atom is -0.380 e. The second-order valence-electron chi connectivity index (χ2n) is 7.16. The number of amides is 1. The summed E-state index contributed by atoms with van der Waals surface area (Å²) < 4.78 is 13.7. The summed E-state index contributed by atoms with van der Waals surface area (Å²) >= 11 is 12.4. The molecule has 1 aliphatic heterocycles. The van der Waals surface area contributed by atoms with Crippen LogP contribution in [-0.2, 0) is 11.2 Å². The maximum absolute atomic E-state index is 13.7. The Labute approximate surface area is 173 Å². The maximum atomic E-state index is 13.7. The number of nitrogens with zero attached hydrogens (tertiary/aromatic N) is 2. The number of likely N-dealkylation sites (tertiary alicyclic amines) is 1. The highest BCUT2D eigenvalue weighted by molar-refractivity contribution is 6.32. The Hall–Kier alpha value is -2.29. The van der Waals surface area contributed by atoms with E-state index < -0.39 is 0 Å². The van der Waals surface area contributed by atoms with E-state index in [0.717, 1.165) is 5.69 Å². The fourth-order valence-electron chi connectivity index (χ4n) is 3.70. The van der Waals surface area contributed by atoms with Crippen molar-refractivity contribution in [1.29, 1.82) is 5.26 Å². The number of carbonyl (C=O) groups excluding carboxylic acids is 1. The molecule has 2 aromatic carbocycles. The van der Waals surface area contributed by atoms with E-state index in [1.165, 1.54) is 18.2 Å². The number of halogens is 3. The molecule has 4 nitrogen and oxygen atoms in total. The summed E-state index contributed by atoms with van der Waals surface area (Å²) in [6.07, 6.45) is 0.746. The Morgan fingerprint density at radius 1 is 1.25 bits per heavy atom. The molecular formula is C21H20Cl2FN3O. The van der Waals surface area contributed by atoms with Gasteiger partial charge in [-0.3, -0.25) is 4.79 Å². The molecule has 2 atom stereocenters. The highest BCUT2D eigenvalue weighted by atomic mass is 35.5. The molecule has 2 aromatic rings. The van der Waals surface area contributed by atoms with E-state index in [1.807, 2.05) is 24.8 Å². The molecule has 7 heteroatoms. The fourth-order valence-corrected chi connectivity index (χ4v) is 4.12. The molecule has 0 spiro atoms. The van der Waals surface area contributed by atoms with Crippen LogP contribution in [0.3, 0.4) is 0 Å². The van der Waals surface area contributed by atoms with Crippen molar-refractivity contribution in [3.8, 4) is 6.07 Å². The largest absolute Gasteiger partial charge is 0.380 e. The summed E-state index contributed by atoms with van der Waals surface area (Å²) in [5.74, 6) is -0.326. The molecule has 0 aliphatic carbocycles. The Morgan fingerprint density at radius 3 is 2.64 bits per heavy atom. The first-order valence-corrected chi connectivity index (χ1v) is 9.77. The van der Waals surface area contributed by atoms with E-state index in [4.69, 9.17) is 28.5 Å². The molecule has 0 saturated carbocycles. The first-order chi connectivity index (χ1) is 13.3. The summed E-state index contributed by atoms with van der Waals surface area (Å²) in [5, 5.41) is 13.2. The van der Waals surface area contributed by atoms with Crippen LogP contribution in [0.4, 0.5) is 10.1 Å². The number of hydrogen-bond acceptors (Lipinski definition) is 3. The van der Waals surface area contributed by atoms with Gasteiger partial charge >= 0.3 is 0 Å². The molecule has 1 N–H and O–H groups in total. The molecule has 28 heavy (non-hydrogen) atoms. The average molecular weight is 420 g/mol. The number of anilines is 1. The van der Waals surface area contributed by atoms with Gasteiger partial charge in [-0.1, -0.05) is 23.2 Å². The Morgan fingerprint density at radius 2 is 2.00 bits per heavy atom. The molecule has 3 rings (SSSR count). The minimum atomic E-state index is -0.358. The second-order valence-corrected chi connectivity index (χ2v) is 7.98. The van der Waals surface area contributed by atoms with Crippen LogP contribution in [0.15, 0.2) is 36.4 Å². The Kier molecular flexibility index (Phi) is 6.12. The molecule has 1 aliphatic rings. The van der Waals surface area contributed by atoms with Crippen LogP contribution in [0.25, 0.3) is 0 Å². The van der Waals surface area contributed by atoms with Gasteiger partial charge < -0.3 is 10.2 Å². The molecule has 1 heterocycles. The lowest BCUT2D eigenvalue weighted by molar-refractivity contribution is -0.130. The van der Waals surface area contributed by atoms with Crippen LogP contribution in [0.2, 0.25) is 10.0 Å². The summed E-state index contributed by atoms with van der Waals surface area (Å²) in [6.45, 7) is 3.91. The molecule has 1 unspecified atom stereocenters. The zero-order valence-electron chi connectivity index (χ0n) is 15.5. The molecular weight excluding hydrogens is 400 g/mol. The van der Waals surface area contributed by atoms with Crippen molar-refractivity contribution in [2.45, 2.75) is 44.8 Å². The van der Waals surface area contributed by atoms with Gasteiger partial charge in [0.1, 0.15) is 11.9 Å². The van der Waals surface area contributed by atoms with Gasteiger partial charge in [0.25, 0.3) is 0 Å². The lowest BCUT2D eigenvalue weighted by Crippen LogP contribution is -2.45. The summed E-state index contributed by atoms with van der Waals surface area (Å²) in [5.41, 5.74) is 1.78. The second kappa shape index (κ2) is 8.38. The van der Waals surface area contributed by atoms with Crippen LogP contribution in [-0.4, -0.2) is 28.9 Å². The molecule has 0 bridgehead atoms. The minimum absolute atomic E-state index is 0.00110. The molecule has 1 saturated heterocycles. The fraction of sp³-hybridized carbons (Fsp3) is 0.333. The predicted molar refractivity (Wildman–Crippen MR) is 109 cm³/mol. The normalized spacial score (nSPS) is 19.2. The highest BCUT2D eigenvalue weighted by Gasteiger charge is 2.41. The van der Waals surface area contributed by atoms with E-state index in [-0.39, 0.29) is 29.8 Å². The van der Waals surface area contributed by atoms with E-state index in [0.29, 0.717) is 34.0 Å². The van der Waals surface area contributed by atoms with Crippen LogP contribution in [0.1, 0.15) is 31.4 Å². The van der Waals surface area contributed by atoms with E-state index >= 15 is 0 Å². The molecule has 146 valence electrons. The van der Waals surface area contributed by atoms with Gasteiger partial charge in [-0.05, 0) is 62.2 Å². The SMILES string of the molecule is CC(C)N1C(=O)C[C@H](Nc2ccc(C#N)c(Cl)c2)C1Cc1cc(F)ccc1Cl. The number of benzene rings is 2. The van der Waals surface area contributed by atoms with Gasteiger partial charge in [-0.15, -0.1) is 0 Å². The number of rotatable bonds is 5. The lowest BCUT2D eigenvalue weighted by Gasteiger charge is -2.32. The smallest absolute Gasteiger partial charge is 0.225 e. The van der Waals surface area contributed by atoms with Crippen LogP contribution in [0, 0.1) is 17.1 Å². The Balaban J connectivity index is 1.90.